The SMILES string of the molecule is C[C@H](C(=O)NC1CC1)N1CCN(Cc2nc(C3CC3)no2)CC1. The van der Waals surface area contributed by atoms with Crippen LogP contribution in [0.5, 0.6) is 0 Å². The molecule has 23 heavy (non-hydrogen) atoms. The Labute approximate surface area is 136 Å². The standard InChI is InChI=1S/C16H25N5O2/c1-11(16(22)17-13-4-5-13)21-8-6-20(7-9-21)10-14-18-15(19-23-14)12-2-3-12/h11-13H,2-10H2,1H3,(H,17,22)/t11-/m1/s1. The topological polar surface area (TPSA) is 74.5 Å². The van der Waals surface area contributed by atoms with Crippen molar-refractivity contribution in [1.29, 1.82) is 0 Å². The molecule has 2 heterocycles. The molecule has 4 rings (SSSR count). The van der Waals surface area contributed by atoms with Crippen LogP contribution in [0.15, 0.2) is 4.52 Å². The van der Waals surface area contributed by atoms with Crippen molar-refractivity contribution in [2.75, 3.05) is 26.2 Å². The summed E-state index contributed by atoms with van der Waals surface area (Å²) < 4.78 is 5.35. The summed E-state index contributed by atoms with van der Waals surface area (Å²) in [7, 11) is 0. The number of hydrogen-bond acceptors (Lipinski definition) is 6. The lowest BCUT2D eigenvalue weighted by Gasteiger charge is -2.36. The van der Waals surface area contributed by atoms with Gasteiger partial charge >= 0.3 is 0 Å². The van der Waals surface area contributed by atoms with Crippen molar-refractivity contribution in [1.82, 2.24) is 25.3 Å². The van der Waals surface area contributed by atoms with Gasteiger partial charge in [0, 0.05) is 38.1 Å². The van der Waals surface area contributed by atoms with E-state index < -0.39 is 0 Å². The van der Waals surface area contributed by atoms with E-state index in [1.165, 1.54) is 12.8 Å². The molecule has 3 aliphatic rings. The van der Waals surface area contributed by atoms with Gasteiger partial charge in [-0.15, -0.1) is 0 Å². The summed E-state index contributed by atoms with van der Waals surface area (Å²) in [5, 5.41) is 7.16. The number of carbonyl (C=O) groups excluding carboxylic acids is 1. The van der Waals surface area contributed by atoms with Crippen molar-refractivity contribution in [2.24, 2.45) is 0 Å². The lowest BCUT2D eigenvalue weighted by Crippen LogP contribution is -2.53. The van der Waals surface area contributed by atoms with Gasteiger partial charge in [0.05, 0.1) is 12.6 Å². The van der Waals surface area contributed by atoms with Crippen LogP contribution in [0.2, 0.25) is 0 Å². The van der Waals surface area contributed by atoms with Crippen LogP contribution in [-0.4, -0.2) is 64.1 Å². The number of carbonyl (C=O) groups is 1. The summed E-state index contributed by atoms with van der Waals surface area (Å²) in [4.78, 5) is 21.2. The minimum absolute atomic E-state index is 0.0392. The van der Waals surface area contributed by atoms with Gasteiger partial charge < -0.3 is 9.84 Å². The second kappa shape index (κ2) is 6.20. The molecule has 1 aliphatic heterocycles. The Morgan fingerprint density at radius 3 is 2.65 bits per heavy atom. The molecule has 126 valence electrons. The molecular weight excluding hydrogens is 294 g/mol. The molecule has 7 nitrogen and oxygen atoms in total. The van der Waals surface area contributed by atoms with Crippen LogP contribution in [0.3, 0.4) is 0 Å². The highest BCUT2D eigenvalue weighted by Gasteiger charge is 2.31. The van der Waals surface area contributed by atoms with Crippen molar-refractivity contribution in [3.63, 3.8) is 0 Å². The highest BCUT2D eigenvalue weighted by Crippen LogP contribution is 2.38. The number of hydrogen-bond donors (Lipinski definition) is 1. The molecule has 0 spiro atoms. The number of rotatable bonds is 6. The maximum Gasteiger partial charge on any atom is 0.240 e. The first-order valence-corrected chi connectivity index (χ1v) is 8.78. The van der Waals surface area contributed by atoms with Crippen LogP contribution >= 0.6 is 0 Å². The molecule has 0 unspecified atom stereocenters. The van der Waals surface area contributed by atoms with Gasteiger partial charge in [0.1, 0.15) is 0 Å². The fraction of sp³-hybridized carbons (Fsp3) is 0.812. The highest BCUT2D eigenvalue weighted by molar-refractivity contribution is 5.81. The van der Waals surface area contributed by atoms with Crippen molar-refractivity contribution < 1.29 is 9.32 Å². The fourth-order valence-electron chi connectivity index (χ4n) is 3.05. The maximum absolute atomic E-state index is 12.1. The Kier molecular flexibility index (Phi) is 4.07. The molecule has 1 saturated heterocycles. The summed E-state index contributed by atoms with van der Waals surface area (Å²) in [6.45, 7) is 6.40. The zero-order valence-corrected chi connectivity index (χ0v) is 13.7. The van der Waals surface area contributed by atoms with Gasteiger partial charge in [-0.1, -0.05) is 5.16 Å². The number of aromatic nitrogens is 2. The third-order valence-electron chi connectivity index (χ3n) is 5.04. The third kappa shape index (κ3) is 3.72. The third-order valence-corrected chi connectivity index (χ3v) is 5.04. The number of nitrogens with zero attached hydrogens (tertiary/aromatic N) is 4. The van der Waals surface area contributed by atoms with E-state index in [0.29, 0.717) is 12.0 Å². The minimum Gasteiger partial charge on any atom is -0.352 e. The minimum atomic E-state index is -0.0392. The van der Waals surface area contributed by atoms with Crippen LogP contribution in [0.4, 0.5) is 0 Å². The zero-order chi connectivity index (χ0) is 15.8. The first kappa shape index (κ1) is 15.1. The normalized spacial score (nSPS) is 24.6. The monoisotopic (exact) mass is 319 g/mol. The van der Waals surface area contributed by atoms with Crippen molar-refractivity contribution in [3.8, 4) is 0 Å². The first-order valence-electron chi connectivity index (χ1n) is 8.78. The molecular formula is C16H25N5O2. The Hall–Kier alpha value is -1.47. The van der Waals surface area contributed by atoms with Gasteiger partial charge in [-0.3, -0.25) is 14.6 Å². The van der Waals surface area contributed by atoms with Crippen molar-refractivity contribution >= 4 is 5.91 Å². The van der Waals surface area contributed by atoms with Crippen LogP contribution in [0.1, 0.15) is 50.2 Å². The summed E-state index contributed by atoms with van der Waals surface area (Å²) in [5.74, 6) is 2.31. The van der Waals surface area contributed by atoms with Crippen molar-refractivity contribution in [2.45, 2.75) is 57.2 Å². The quantitative estimate of drug-likeness (QED) is 0.833. The molecule has 0 radical (unpaired) electrons. The average molecular weight is 319 g/mol. The van der Waals surface area contributed by atoms with Gasteiger partial charge in [0.2, 0.25) is 11.8 Å². The van der Waals surface area contributed by atoms with Gasteiger partial charge in [-0.05, 0) is 32.6 Å². The lowest BCUT2D eigenvalue weighted by atomic mass is 10.2. The van der Waals surface area contributed by atoms with Crippen LogP contribution in [0.25, 0.3) is 0 Å². The average Bonchev–Trinajstić information content (AvgIpc) is 3.49. The Morgan fingerprint density at radius 1 is 1.26 bits per heavy atom. The zero-order valence-electron chi connectivity index (χ0n) is 13.7. The molecule has 1 N–H and O–H groups in total. The van der Waals surface area contributed by atoms with Gasteiger partial charge in [0.25, 0.3) is 0 Å². The molecule has 1 amide bonds. The number of amides is 1. The molecule has 1 aromatic rings. The summed E-state index contributed by atoms with van der Waals surface area (Å²) in [6.07, 6.45) is 4.66. The van der Waals surface area contributed by atoms with Gasteiger partial charge in [0.15, 0.2) is 5.82 Å². The van der Waals surface area contributed by atoms with Gasteiger partial charge in [-0.25, -0.2) is 0 Å². The molecule has 0 bridgehead atoms. The summed E-state index contributed by atoms with van der Waals surface area (Å²) in [5.41, 5.74) is 0. The first-order chi connectivity index (χ1) is 11.2. The second-order valence-electron chi connectivity index (χ2n) is 7.09. The summed E-state index contributed by atoms with van der Waals surface area (Å²) >= 11 is 0. The fourth-order valence-corrected chi connectivity index (χ4v) is 3.05. The highest BCUT2D eigenvalue weighted by atomic mass is 16.5. The number of piperazine rings is 1. The molecule has 1 aromatic heterocycles. The molecule has 7 heteroatoms. The summed E-state index contributed by atoms with van der Waals surface area (Å²) in [6, 6.07) is 0.395. The molecule has 2 aliphatic carbocycles. The molecule has 0 aromatic carbocycles. The van der Waals surface area contributed by atoms with Crippen LogP contribution < -0.4 is 5.32 Å². The van der Waals surface area contributed by atoms with E-state index in [9.17, 15) is 4.79 Å². The predicted octanol–water partition coefficient (Wildman–Crippen LogP) is 0.732. The van der Waals surface area contributed by atoms with E-state index in [2.05, 4.69) is 25.3 Å². The predicted molar refractivity (Wildman–Crippen MR) is 83.7 cm³/mol. The smallest absolute Gasteiger partial charge is 0.240 e. The van der Waals surface area contributed by atoms with E-state index in [-0.39, 0.29) is 11.9 Å². The van der Waals surface area contributed by atoms with Crippen LogP contribution in [-0.2, 0) is 11.3 Å². The van der Waals surface area contributed by atoms with Gasteiger partial charge in [-0.2, -0.15) is 4.98 Å². The second-order valence-corrected chi connectivity index (χ2v) is 7.09. The molecule has 3 fully saturated rings. The lowest BCUT2D eigenvalue weighted by molar-refractivity contribution is -0.126. The van der Waals surface area contributed by atoms with E-state index in [1.807, 2.05) is 6.92 Å². The van der Waals surface area contributed by atoms with Crippen molar-refractivity contribution in [3.05, 3.63) is 11.7 Å². The van der Waals surface area contributed by atoms with E-state index in [4.69, 9.17) is 4.52 Å². The number of nitrogens with one attached hydrogen (secondary N) is 1. The van der Waals surface area contributed by atoms with Crippen LogP contribution in [0, 0.1) is 0 Å². The van der Waals surface area contributed by atoms with E-state index in [0.717, 1.165) is 57.3 Å². The Morgan fingerprint density at radius 2 is 2.00 bits per heavy atom. The maximum atomic E-state index is 12.1. The molecule has 2 saturated carbocycles. The Bertz CT molecular complexity index is 559. The largest absolute Gasteiger partial charge is 0.352 e. The molecule has 1 atom stereocenters. The van der Waals surface area contributed by atoms with E-state index >= 15 is 0 Å². The van der Waals surface area contributed by atoms with E-state index in [1.54, 1.807) is 0 Å². The Balaban J connectivity index is 1.24.